The number of fused-ring (bicyclic) bond motifs is 1. The Morgan fingerprint density at radius 1 is 1.39 bits per heavy atom. The number of imidazole rings is 1. The molecule has 0 saturated heterocycles. The van der Waals surface area contributed by atoms with Crippen molar-refractivity contribution in [3.05, 3.63) is 29.0 Å². The number of aryl methyl sites for hydroxylation is 2. The fourth-order valence-electron chi connectivity index (χ4n) is 2.23. The average Bonchev–Trinajstić information content (AvgIpc) is 2.68. The van der Waals surface area contributed by atoms with Crippen LogP contribution in [-0.2, 0) is 13.0 Å². The van der Waals surface area contributed by atoms with Crippen LogP contribution in [0.25, 0.3) is 11.0 Å². The maximum Gasteiger partial charge on any atom is 0.109 e. The van der Waals surface area contributed by atoms with E-state index in [0.717, 1.165) is 48.4 Å². The zero-order chi connectivity index (χ0) is 13.0. The third-order valence-electron chi connectivity index (χ3n) is 3.06. The fourth-order valence-corrected chi connectivity index (χ4v) is 2.40. The summed E-state index contributed by atoms with van der Waals surface area (Å²) in [5.74, 6) is 1.17. The Labute approximate surface area is 113 Å². The molecule has 98 valence electrons. The van der Waals surface area contributed by atoms with E-state index in [1.807, 2.05) is 25.2 Å². The Morgan fingerprint density at radius 2 is 2.22 bits per heavy atom. The summed E-state index contributed by atoms with van der Waals surface area (Å²) in [4.78, 5) is 4.72. The molecule has 1 aromatic heterocycles. The zero-order valence-electron chi connectivity index (χ0n) is 11.0. The lowest BCUT2D eigenvalue weighted by atomic mass is 10.3. The van der Waals surface area contributed by atoms with Crippen molar-refractivity contribution in [3.63, 3.8) is 0 Å². The molecule has 3 nitrogen and oxygen atoms in total. The number of halogens is 1. The first-order valence-electron chi connectivity index (χ1n) is 6.55. The van der Waals surface area contributed by atoms with Gasteiger partial charge in [0.15, 0.2) is 0 Å². The van der Waals surface area contributed by atoms with Gasteiger partial charge in [0.1, 0.15) is 5.82 Å². The normalized spacial score (nSPS) is 11.3. The largest absolute Gasteiger partial charge is 0.328 e. The fraction of sp³-hybridized carbons (Fsp3) is 0.500. The maximum atomic E-state index is 6.08. The van der Waals surface area contributed by atoms with Crippen molar-refractivity contribution >= 4 is 22.6 Å². The Kier molecular flexibility index (Phi) is 4.61. The van der Waals surface area contributed by atoms with Crippen LogP contribution in [-0.4, -0.2) is 23.1 Å². The molecule has 1 aromatic carbocycles. The molecule has 0 radical (unpaired) electrons. The van der Waals surface area contributed by atoms with E-state index in [4.69, 9.17) is 16.6 Å². The van der Waals surface area contributed by atoms with Crippen LogP contribution < -0.4 is 5.32 Å². The van der Waals surface area contributed by atoms with Gasteiger partial charge in [-0.05, 0) is 44.6 Å². The molecule has 0 bridgehead atoms. The lowest BCUT2D eigenvalue weighted by Crippen LogP contribution is -2.11. The Balaban J connectivity index is 2.35. The van der Waals surface area contributed by atoms with E-state index >= 15 is 0 Å². The molecule has 4 heteroatoms. The molecule has 0 spiro atoms. The monoisotopic (exact) mass is 265 g/mol. The van der Waals surface area contributed by atoms with Gasteiger partial charge in [-0.2, -0.15) is 0 Å². The SMILES string of the molecule is CCCn1c(CCCNC)nc2ccc(Cl)cc21. The predicted molar refractivity (Wildman–Crippen MR) is 77.3 cm³/mol. The summed E-state index contributed by atoms with van der Waals surface area (Å²) in [5, 5.41) is 3.95. The second-order valence-electron chi connectivity index (χ2n) is 4.52. The summed E-state index contributed by atoms with van der Waals surface area (Å²) < 4.78 is 2.30. The van der Waals surface area contributed by atoms with E-state index in [1.165, 1.54) is 5.82 Å². The number of hydrogen-bond acceptors (Lipinski definition) is 2. The van der Waals surface area contributed by atoms with E-state index < -0.39 is 0 Å². The van der Waals surface area contributed by atoms with Gasteiger partial charge in [0.25, 0.3) is 0 Å². The van der Waals surface area contributed by atoms with E-state index in [2.05, 4.69) is 16.8 Å². The van der Waals surface area contributed by atoms with Gasteiger partial charge in [-0.3, -0.25) is 0 Å². The van der Waals surface area contributed by atoms with Crippen molar-refractivity contribution in [2.45, 2.75) is 32.7 Å². The number of hydrogen-bond donors (Lipinski definition) is 1. The first-order valence-corrected chi connectivity index (χ1v) is 6.93. The van der Waals surface area contributed by atoms with Gasteiger partial charge >= 0.3 is 0 Å². The first-order chi connectivity index (χ1) is 8.76. The van der Waals surface area contributed by atoms with Crippen molar-refractivity contribution in [1.29, 1.82) is 0 Å². The predicted octanol–water partition coefficient (Wildman–Crippen LogP) is 3.25. The van der Waals surface area contributed by atoms with Crippen LogP contribution in [0.5, 0.6) is 0 Å². The van der Waals surface area contributed by atoms with Crippen molar-refractivity contribution in [2.75, 3.05) is 13.6 Å². The molecule has 0 fully saturated rings. The van der Waals surface area contributed by atoms with E-state index in [9.17, 15) is 0 Å². The van der Waals surface area contributed by atoms with Crippen LogP contribution >= 0.6 is 11.6 Å². The molecule has 0 saturated carbocycles. The molecule has 0 unspecified atom stereocenters. The van der Waals surface area contributed by atoms with Crippen molar-refractivity contribution in [2.24, 2.45) is 0 Å². The summed E-state index contributed by atoms with van der Waals surface area (Å²) in [6.07, 6.45) is 3.22. The average molecular weight is 266 g/mol. The third kappa shape index (κ3) is 2.85. The third-order valence-corrected chi connectivity index (χ3v) is 3.30. The van der Waals surface area contributed by atoms with Crippen LogP contribution in [0.1, 0.15) is 25.6 Å². The topological polar surface area (TPSA) is 29.9 Å². The standard InChI is InChI=1S/C14H20ClN3/c1-3-9-18-13-10-11(15)6-7-12(13)17-14(18)5-4-8-16-2/h6-7,10,16H,3-5,8-9H2,1-2H3. The number of nitrogens with one attached hydrogen (secondary N) is 1. The van der Waals surface area contributed by atoms with E-state index in [1.54, 1.807) is 0 Å². The summed E-state index contributed by atoms with van der Waals surface area (Å²) >= 11 is 6.08. The Bertz CT molecular complexity index is 519. The molecule has 0 aliphatic carbocycles. The van der Waals surface area contributed by atoms with Gasteiger partial charge in [-0.15, -0.1) is 0 Å². The van der Waals surface area contributed by atoms with Crippen LogP contribution in [0.3, 0.4) is 0 Å². The second-order valence-corrected chi connectivity index (χ2v) is 4.96. The lowest BCUT2D eigenvalue weighted by Gasteiger charge is -2.07. The summed E-state index contributed by atoms with van der Waals surface area (Å²) in [7, 11) is 1.98. The van der Waals surface area contributed by atoms with Gasteiger partial charge in [0, 0.05) is 18.0 Å². The summed E-state index contributed by atoms with van der Waals surface area (Å²) in [5.41, 5.74) is 2.20. The zero-order valence-corrected chi connectivity index (χ0v) is 11.8. The number of nitrogens with zero attached hydrogens (tertiary/aromatic N) is 2. The smallest absolute Gasteiger partial charge is 0.109 e. The second kappa shape index (κ2) is 6.21. The van der Waals surface area contributed by atoms with Gasteiger partial charge < -0.3 is 9.88 Å². The highest BCUT2D eigenvalue weighted by atomic mass is 35.5. The molecular weight excluding hydrogens is 246 g/mol. The van der Waals surface area contributed by atoms with E-state index in [0.29, 0.717) is 0 Å². The highest BCUT2D eigenvalue weighted by Crippen LogP contribution is 2.21. The summed E-state index contributed by atoms with van der Waals surface area (Å²) in [6, 6.07) is 5.93. The van der Waals surface area contributed by atoms with E-state index in [-0.39, 0.29) is 0 Å². The van der Waals surface area contributed by atoms with Gasteiger partial charge in [-0.25, -0.2) is 4.98 Å². The van der Waals surface area contributed by atoms with Crippen LogP contribution in [0.4, 0.5) is 0 Å². The number of rotatable bonds is 6. The molecule has 18 heavy (non-hydrogen) atoms. The van der Waals surface area contributed by atoms with Crippen molar-refractivity contribution in [1.82, 2.24) is 14.9 Å². The van der Waals surface area contributed by atoms with Crippen molar-refractivity contribution in [3.8, 4) is 0 Å². The van der Waals surface area contributed by atoms with Gasteiger partial charge in [0.05, 0.1) is 11.0 Å². The highest BCUT2D eigenvalue weighted by Gasteiger charge is 2.10. The molecule has 1 N–H and O–H groups in total. The molecular formula is C14H20ClN3. The molecule has 2 rings (SSSR count). The highest BCUT2D eigenvalue weighted by molar-refractivity contribution is 6.31. The summed E-state index contributed by atoms with van der Waals surface area (Å²) in [6.45, 7) is 4.22. The minimum Gasteiger partial charge on any atom is -0.328 e. The van der Waals surface area contributed by atoms with Gasteiger partial charge in [-0.1, -0.05) is 18.5 Å². The number of aromatic nitrogens is 2. The molecule has 0 aliphatic rings. The lowest BCUT2D eigenvalue weighted by molar-refractivity contribution is 0.626. The Hall–Kier alpha value is -1.06. The molecule has 1 heterocycles. The maximum absolute atomic E-state index is 6.08. The molecule has 0 aliphatic heterocycles. The number of benzene rings is 1. The molecule has 0 atom stereocenters. The molecule has 0 amide bonds. The molecule has 2 aromatic rings. The first kappa shape index (κ1) is 13.4. The van der Waals surface area contributed by atoms with Crippen LogP contribution in [0, 0.1) is 0 Å². The van der Waals surface area contributed by atoms with Crippen molar-refractivity contribution < 1.29 is 0 Å². The minimum absolute atomic E-state index is 0.779. The van der Waals surface area contributed by atoms with Crippen LogP contribution in [0.2, 0.25) is 5.02 Å². The quantitative estimate of drug-likeness (QED) is 0.813. The minimum atomic E-state index is 0.779. The van der Waals surface area contributed by atoms with Crippen LogP contribution in [0.15, 0.2) is 18.2 Å². The Morgan fingerprint density at radius 3 is 2.94 bits per heavy atom. The van der Waals surface area contributed by atoms with Gasteiger partial charge in [0.2, 0.25) is 0 Å².